The van der Waals surface area contributed by atoms with Crippen molar-refractivity contribution in [3.8, 4) is 0 Å². The predicted octanol–water partition coefficient (Wildman–Crippen LogP) is 3.61. The molecule has 1 aliphatic heterocycles. The van der Waals surface area contributed by atoms with Crippen molar-refractivity contribution in [3.05, 3.63) is 87.8 Å². The fraction of sp³-hybridized carbons (Fsp3) is 0.111. The molecule has 0 fully saturated rings. The summed E-state index contributed by atoms with van der Waals surface area (Å²) in [5, 5.41) is 4.25. The Bertz CT molecular complexity index is 851. The Kier molecular flexibility index (Phi) is 4.89. The van der Waals surface area contributed by atoms with E-state index in [1.807, 2.05) is 30.3 Å². The lowest BCUT2D eigenvalue weighted by Gasteiger charge is -2.15. The molecule has 0 unspecified atom stereocenters. The van der Waals surface area contributed by atoms with Crippen LogP contribution >= 0.6 is 0 Å². The summed E-state index contributed by atoms with van der Waals surface area (Å²) in [6, 6.07) is 15.9. The lowest BCUT2D eigenvalue weighted by molar-refractivity contribution is -0.0780. The minimum absolute atomic E-state index is 0.00354. The zero-order valence-electron chi connectivity index (χ0n) is 13.2. The lowest BCUT2D eigenvalue weighted by atomic mass is 10.1. The van der Waals surface area contributed by atoms with E-state index >= 15 is 0 Å². The molecule has 0 N–H and O–H groups in total. The number of hydroxylamine groups is 2. The second-order valence-electron chi connectivity index (χ2n) is 5.23. The van der Waals surface area contributed by atoms with Crippen molar-refractivity contribution in [2.45, 2.75) is 0 Å². The maximum Gasteiger partial charge on any atom is 0.285 e. The first-order valence-corrected chi connectivity index (χ1v) is 7.58. The highest BCUT2D eigenvalue weighted by atomic mass is 16.7. The van der Waals surface area contributed by atoms with Gasteiger partial charge < -0.3 is 0 Å². The summed E-state index contributed by atoms with van der Waals surface area (Å²) in [6.45, 7) is 0.142. The van der Waals surface area contributed by atoms with E-state index < -0.39 is 11.8 Å². The summed E-state index contributed by atoms with van der Waals surface area (Å²) in [5.41, 5.74) is 10.6. The highest BCUT2D eigenvalue weighted by Crippen LogP contribution is 2.24. The standard InChI is InChI=1S/C18H14N4O3/c19-21-20-11-10-14(13-6-2-1-3-7-13)12-25-22-17(23)15-8-4-5-9-16(15)18(22)24/h1-10H,11-12H2. The van der Waals surface area contributed by atoms with Crippen LogP contribution in [0.15, 0.2) is 65.8 Å². The van der Waals surface area contributed by atoms with E-state index in [-0.39, 0.29) is 13.2 Å². The Morgan fingerprint density at radius 3 is 2.24 bits per heavy atom. The summed E-state index contributed by atoms with van der Waals surface area (Å²) in [5.74, 6) is -0.967. The summed E-state index contributed by atoms with van der Waals surface area (Å²) in [6.07, 6.45) is 1.70. The molecule has 0 aromatic heterocycles. The van der Waals surface area contributed by atoms with Crippen molar-refractivity contribution in [1.82, 2.24) is 5.06 Å². The third kappa shape index (κ3) is 3.42. The molecule has 25 heavy (non-hydrogen) atoms. The van der Waals surface area contributed by atoms with Gasteiger partial charge in [-0.25, -0.2) is 0 Å². The molecule has 0 spiro atoms. The monoisotopic (exact) mass is 334 g/mol. The van der Waals surface area contributed by atoms with Crippen LogP contribution in [-0.4, -0.2) is 30.0 Å². The molecule has 3 rings (SSSR count). The first-order chi connectivity index (χ1) is 12.2. The average molecular weight is 334 g/mol. The molecule has 1 heterocycles. The Morgan fingerprint density at radius 1 is 1.04 bits per heavy atom. The van der Waals surface area contributed by atoms with Gasteiger partial charge in [0.15, 0.2) is 0 Å². The Hall–Kier alpha value is -3.41. The van der Waals surface area contributed by atoms with Crippen molar-refractivity contribution >= 4 is 17.4 Å². The van der Waals surface area contributed by atoms with E-state index in [9.17, 15) is 9.59 Å². The molecule has 2 aromatic rings. The van der Waals surface area contributed by atoms with E-state index in [2.05, 4.69) is 10.0 Å². The largest absolute Gasteiger partial charge is 0.285 e. The van der Waals surface area contributed by atoms with E-state index in [0.717, 1.165) is 10.6 Å². The third-order valence-electron chi connectivity index (χ3n) is 3.73. The molecular formula is C18H14N4O3. The fourth-order valence-corrected chi connectivity index (χ4v) is 2.52. The molecule has 1 aliphatic rings. The smallest absolute Gasteiger partial charge is 0.266 e. The van der Waals surface area contributed by atoms with Gasteiger partial charge in [0.2, 0.25) is 0 Å². The molecule has 0 atom stereocenters. The van der Waals surface area contributed by atoms with Gasteiger partial charge in [-0.3, -0.25) is 14.4 Å². The normalized spacial score (nSPS) is 13.6. The quantitative estimate of drug-likeness (QED) is 0.349. The topological polar surface area (TPSA) is 95.4 Å². The van der Waals surface area contributed by atoms with Crippen LogP contribution in [0.4, 0.5) is 0 Å². The molecule has 0 radical (unpaired) electrons. The summed E-state index contributed by atoms with van der Waals surface area (Å²) in [7, 11) is 0. The number of rotatable bonds is 6. The predicted molar refractivity (Wildman–Crippen MR) is 91.3 cm³/mol. The van der Waals surface area contributed by atoms with Gasteiger partial charge in [0.25, 0.3) is 11.8 Å². The molecule has 0 aliphatic carbocycles. The van der Waals surface area contributed by atoms with Gasteiger partial charge in [0.05, 0.1) is 11.1 Å². The molecule has 2 amide bonds. The third-order valence-corrected chi connectivity index (χ3v) is 3.73. The number of imide groups is 1. The number of azide groups is 1. The van der Waals surface area contributed by atoms with Crippen LogP contribution in [0.3, 0.4) is 0 Å². The van der Waals surface area contributed by atoms with Gasteiger partial charge in [-0.2, -0.15) is 0 Å². The van der Waals surface area contributed by atoms with Gasteiger partial charge in [-0.15, -0.1) is 5.06 Å². The second kappa shape index (κ2) is 7.44. The average Bonchev–Trinajstić information content (AvgIpc) is 2.90. The van der Waals surface area contributed by atoms with Crippen LogP contribution in [0.5, 0.6) is 0 Å². The molecule has 2 aromatic carbocycles. The minimum atomic E-state index is -0.483. The van der Waals surface area contributed by atoms with E-state index in [4.69, 9.17) is 10.4 Å². The first-order valence-electron chi connectivity index (χ1n) is 7.58. The number of hydrogen-bond donors (Lipinski definition) is 0. The molecule has 124 valence electrons. The van der Waals surface area contributed by atoms with E-state index in [0.29, 0.717) is 16.7 Å². The lowest BCUT2D eigenvalue weighted by Crippen LogP contribution is -2.30. The van der Waals surface area contributed by atoms with Crippen molar-refractivity contribution in [3.63, 3.8) is 0 Å². The maximum atomic E-state index is 12.3. The first kappa shape index (κ1) is 16.4. The number of nitrogens with zero attached hydrogens (tertiary/aromatic N) is 4. The Labute approximate surface area is 143 Å². The van der Waals surface area contributed by atoms with Crippen molar-refractivity contribution in [2.75, 3.05) is 13.2 Å². The highest BCUT2D eigenvalue weighted by molar-refractivity contribution is 6.20. The van der Waals surface area contributed by atoms with Crippen molar-refractivity contribution in [1.29, 1.82) is 0 Å². The van der Waals surface area contributed by atoms with Gasteiger partial charge in [0, 0.05) is 11.5 Å². The Balaban J connectivity index is 1.78. The SMILES string of the molecule is [N-]=[N+]=NCC=C(CON1C(=O)c2ccccc2C1=O)c1ccccc1. The van der Waals surface area contributed by atoms with Gasteiger partial charge in [0.1, 0.15) is 6.61 Å². The number of fused-ring (bicyclic) bond motifs is 1. The van der Waals surface area contributed by atoms with Crippen molar-refractivity contribution in [2.24, 2.45) is 5.11 Å². The number of carbonyl (C=O) groups excluding carboxylic acids is 2. The number of carbonyl (C=O) groups is 2. The fourth-order valence-electron chi connectivity index (χ4n) is 2.52. The number of amides is 2. The summed E-state index contributed by atoms with van der Waals surface area (Å²) in [4.78, 5) is 32.8. The van der Waals surface area contributed by atoms with Crippen LogP contribution in [0.1, 0.15) is 26.3 Å². The van der Waals surface area contributed by atoms with Crippen LogP contribution in [-0.2, 0) is 4.84 Å². The zero-order valence-corrected chi connectivity index (χ0v) is 13.2. The van der Waals surface area contributed by atoms with Crippen LogP contribution in [0.25, 0.3) is 16.0 Å². The van der Waals surface area contributed by atoms with Crippen LogP contribution in [0, 0.1) is 0 Å². The molecule has 7 nitrogen and oxygen atoms in total. The maximum absolute atomic E-state index is 12.3. The molecule has 7 heteroatoms. The van der Waals surface area contributed by atoms with Gasteiger partial charge in [-0.1, -0.05) is 53.7 Å². The van der Waals surface area contributed by atoms with Crippen molar-refractivity contribution < 1.29 is 14.4 Å². The van der Waals surface area contributed by atoms with Gasteiger partial charge >= 0.3 is 0 Å². The number of benzene rings is 2. The molecular weight excluding hydrogens is 320 g/mol. The minimum Gasteiger partial charge on any atom is -0.266 e. The summed E-state index contributed by atoms with van der Waals surface area (Å²) >= 11 is 0. The molecule has 0 bridgehead atoms. The Morgan fingerprint density at radius 2 is 1.64 bits per heavy atom. The van der Waals surface area contributed by atoms with Crippen LogP contribution < -0.4 is 0 Å². The highest BCUT2D eigenvalue weighted by Gasteiger charge is 2.36. The zero-order chi connectivity index (χ0) is 17.6. The van der Waals surface area contributed by atoms with Gasteiger partial charge in [-0.05, 0) is 28.8 Å². The molecule has 0 saturated carbocycles. The van der Waals surface area contributed by atoms with E-state index in [1.54, 1.807) is 30.3 Å². The van der Waals surface area contributed by atoms with E-state index in [1.165, 1.54) is 0 Å². The summed E-state index contributed by atoms with van der Waals surface area (Å²) < 4.78 is 0. The number of hydrogen-bond acceptors (Lipinski definition) is 4. The molecule has 0 saturated heterocycles. The second-order valence-corrected chi connectivity index (χ2v) is 5.23. The van der Waals surface area contributed by atoms with Crippen LogP contribution in [0.2, 0.25) is 0 Å².